The summed E-state index contributed by atoms with van der Waals surface area (Å²) in [5, 5.41) is 0. The molecule has 1 rings (SSSR count). The number of hydrogen-bond acceptors (Lipinski definition) is 4. The summed E-state index contributed by atoms with van der Waals surface area (Å²) in [6, 6.07) is 3.12. The van der Waals surface area contributed by atoms with Gasteiger partial charge in [0.15, 0.2) is 0 Å². The van der Waals surface area contributed by atoms with E-state index < -0.39 is 0 Å². The summed E-state index contributed by atoms with van der Waals surface area (Å²) in [5.41, 5.74) is 0.461. The zero-order chi connectivity index (χ0) is 13.7. The van der Waals surface area contributed by atoms with Crippen molar-refractivity contribution in [2.75, 3.05) is 14.1 Å². The van der Waals surface area contributed by atoms with Gasteiger partial charge in [0.25, 0.3) is 5.91 Å². The summed E-state index contributed by atoms with van der Waals surface area (Å²) in [6.07, 6.45) is 2.12. The standard InChI is InChI=1S/C13H18N2O3/c1-5-9(2)13(17)18-11-7-6-10(8-14-11)12(16)15(3)4/h6-9H,5H2,1-4H3. The van der Waals surface area contributed by atoms with Gasteiger partial charge in [0.1, 0.15) is 0 Å². The Morgan fingerprint density at radius 1 is 1.39 bits per heavy atom. The predicted molar refractivity (Wildman–Crippen MR) is 67.3 cm³/mol. The van der Waals surface area contributed by atoms with Crippen LogP contribution in [0.3, 0.4) is 0 Å². The molecule has 5 heteroatoms. The van der Waals surface area contributed by atoms with Crippen molar-refractivity contribution in [3.63, 3.8) is 0 Å². The molecule has 0 bridgehead atoms. The number of aromatic nitrogens is 1. The number of carbonyl (C=O) groups is 2. The molecule has 0 spiro atoms. The second kappa shape index (κ2) is 6.14. The SMILES string of the molecule is CCC(C)C(=O)Oc1ccc(C(=O)N(C)C)cn1. The van der Waals surface area contributed by atoms with Crippen LogP contribution in [0, 0.1) is 5.92 Å². The maximum atomic E-state index is 11.6. The van der Waals surface area contributed by atoms with Crippen molar-refractivity contribution in [3.8, 4) is 5.88 Å². The number of nitrogens with zero attached hydrogens (tertiary/aromatic N) is 2. The molecular formula is C13H18N2O3. The molecule has 18 heavy (non-hydrogen) atoms. The van der Waals surface area contributed by atoms with Crippen molar-refractivity contribution in [2.45, 2.75) is 20.3 Å². The van der Waals surface area contributed by atoms with E-state index in [9.17, 15) is 9.59 Å². The van der Waals surface area contributed by atoms with Crippen LogP contribution in [0.2, 0.25) is 0 Å². The van der Waals surface area contributed by atoms with E-state index in [1.165, 1.54) is 17.2 Å². The zero-order valence-corrected chi connectivity index (χ0v) is 11.1. The molecule has 0 N–H and O–H groups in total. The third kappa shape index (κ3) is 3.55. The molecule has 0 saturated carbocycles. The number of amides is 1. The number of esters is 1. The Hall–Kier alpha value is -1.91. The average Bonchev–Trinajstić information content (AvgIpc) is 2.37. The van der Waals surface area contributed by atoms with Crippen LogP contribution in [-0.2, 0) is 4.79 Å². The van der Waals surface area contributed by atoms with Crippen molar-refractivity contribution in [1.29, 1.82) is 0 Å². The van der Waals surface area contributed by atoms with E-state index in [1.807, 2.05) is 6.92 Å². The van der Waals surface area contributed by atoms with Crippen LogP contribution in [0.1, 0.15) is 30.6 Å². The van der Waals surface area contributed by atoms with Crippen LogP contribution < -0.4 is 4.74 Å². The summed E-state index contributed by atoms with van der Waals surface area (Å²) in [7, 11) is 3.33. The van der Waals surface area contributed by atoms with E-state index in [-0.39, 0.29) is 23.7 Å². The van der Waals surface area contributed by atoms with Crippen LogP contribution in [0.5, 0.6) is 5.88 Å². The van der Waals surface area contributed by atoms with Gasteiger partial charge in [-0.2, -0.15) is 0 Å². The fourth-order valence-corrected chi connectivity index (χ4v) is 1.20. The first kappa shape index (κ1) is 14.2. The molecule has 5 nitrogen and oxygen atoms in total. The van der Waals surface area contributed by atoms with E-state index in [1.54, 1.807) is 27.1 Å². The minimum absolute atomic E-state index is 0.137. The first-order chi connectivity index (χ1) is 8.45. The predicted octanol–water partition coefficient (Wildman–Crippen LogP) is 1.73. The van der Waals surface area contributed by atoms with Crippen molar-refractivity contribution >= 4 is 11.9 Å². The largest absolute Gasteiger partial charge is 0.407 e. The summed E-state index contributed by atoms with van der Waals surface area (Å²) in [5.74, 6) is -0.385. The van der Waals surface area contributed by atoms with Crippen LogP contribution >= 0.6 is 0 Å². The lowest BCUT2D eigenvalue weighted by molar-refractivity contribution is -0.138. The highest BCUT2D eigenvalue weighted by Crippen LogP contribution is 2.12. The highest BCUT2D eigenvalue weighted by molar-refractivity contribution is 5.93. The Morgan fingerprint density at radius 3 is 2.50 bits per heavy atom. The third-order valence-corrected chi connectivity index (χ3v) is 2.61. The molecule has 0 aromatic carbocycles. The fourth-order valence-electron chi connectivity index (χ4n) is 1.20. The molecule has 0 aliphatic carbocycles. The molecular weight excluding hydrogens is 232 g/mol. The lowest BCUT2D eigenvalue weighted by Gasteiger charge is -2.11. The van der Waals surface area contributed by atoms with Gasteiger partial charge in [-0.05, 0) is 12.5 Å². The van der Waals surface area contributed by atoms with E-state index in [4.69, 9.17) is 4.74 Å². The Bertz CT molecular complexity index is 426. The Labute approximate surface area is 107 Å². The van der Waals surface area contributed by atoms with Crippen molar-refractivity contribution in [2.24, 2.45) is 5.92 Å². The number of carbonyl (C=O) groups excluding carboxylic acids is 2. The van der Waals surface area contributed by atoms with Gasteiger partial charge < -0.3 is 9.64 Å². The second-order valence-corrected chi connectivity index (χ2v) is 4.32. The quantitative estimate of drug-likeness (QED) is 0.764. The molecule has 1 atom stereocenters. The number of pyridine rings is 1. The molecule has 1 unspecified atom stereocenters. The summed E-state index contributed by atoms with van der Waals surface area (Å²) < 4.78 is 5.09. The molecule has 98 valence electrons. The Balaban J connectivity index is 2.72. The highest BCUT2D eigenvalue weighted by atomic mass is 16.5. The Morgan fingerprint density at radius 2 is 2.06 bits per heavy atom. The third-order valence-electron chi connectivity index (χ3n) is 2.61. The molecule has 1 heterocycles. The first-order valence-corrected chi connectivity index (χ1v) is 5.85. The van der Waals surface area contributed by atoms with Crippen LogP contribution in [0.4, 0.5) is 0 Å². The van der Waals surface area contributed by atoms with Crippen molar-refractivity contribution in [3.05, 3.63) is 23.9 Å². The van der Waals surface area contributed by atoms with E-state index in [0.29, 0.717) is 5.56 Å². The van der Waals surface area contributed by atoms with Crippen molar-refractivity contribution in [1.82, 2.24) is 9.88 Å². The smallest absolute Gasteiger partial charge is 0.315 e. The van der Waals surface area contributed by atoms with E-state index in [2.05, 4.69) is 4.98 Å². The van der Waals surface area contributed by atoms with E-state index in [0.717, 1.165) is 6.42 Å². The minimum Gasteiger partial charge on any atom is -0.407 e. The topological polar surface area (TPSA) is 59.5 Å². The Kier molecular flexibility index (Phi) is 4.83. The van der Waals surface area contributed by atoms with Crippen LogP contribution in [0.25, 0.3) is 0 Å². The molecule has 0 fully saturated rings. The van der Waals surface area contributed by atoms with Gasteiger partial charge in [-0.1, -0.05) is 13.8 Å². The maximum absolute atomic E-state index is 11.6. The fraction of sp³-hybridized carbons (Fsp3) is 0.462. The molecule has 1 aromatic rings. The molecule has 1 aromatic heterocycles. The van der Waals surface area contributed by atoms with Gasteiger partial charge in [-0.3, -0.25) is 9.59 Å². The van der Waals surface area contributed by atoms with Gasteiger partial charge in [0.2, 0.25) is 5.88 Å². The van der Waals surface area contributed by atoms with E-state index >= 15 is 0 Å². The van der Waals surface area contributed by atoms with Gasteiger partial charge in [0, 0.05) is 26.4 Å². The average molecular weight is 250 g/mol. The monoisotopic (exact) mass is 250 g/mol. The number of hydrogen-bond donors (Lipinski definition) is 0. The molecule has 0 saturated heterocycles. The minimum atomic E-state index is -0.309. The molecule has 0 aliphatic rings. The summed E-state index contributed by atoms with van der Waals surface area (Å²) in [6.45, 7) is 3.71. The second-order valence-electron chi connectivity index (χ2n) is 4.32. The highest BCUT2D eigenvalue weighted by Gasteiger charge is 2.14. The van der Waals surface area contributed by atoms with Crippen LogP contribution in [0.15, 0.2) is 18.3 Å². The summed E-state index contributed by atoms with van der Waals surface area (Å²) >= 11 is 0. The lowest BCUT2D eigenvalue weighted by Crippen LogP contribution is -2.22. The van der Waals surface area contributed by atoms with Gasteiger partial charge >= 0.3 is 5.97 Å². The molecule has 0 radical (unpaired) electrons. The zero-order valence-electron chi connectivity index (χ0n) is 11.1. The number of ether oxygens (including phenoxy) is 1. The van der Waals surface area contributed by atoms with Gasteiger partial charge in [-0.15, -0.1) is 0 Å². The lowest BCUT2D eigenvalue weighted by atomic mass is 10.1. The van der Waals surface area contributed by atoms with Gasteiger partial charge in [0.05, 0.1) is 11.5 Å². The summed E-state index contributed by atoms with van der Waals surface area (Å²) in [4.78, 5) is 28.6. The molecule has 0 aliphatic heterocycles. The van der Waals surface area contributed by atoms with Gasteiger partial charge in [-0.25, -0.2) is 4.98 Å². The normalized spacial score (nSPS) is 11.8. The maximum Gasteiger partial charge on any atom is 0.315 e. The molecule has 1 amide bonds. The van der Waals surface area contributed by atoms with Crippen LogP contribution in [-0.4, -0.2) is 35.9 Å². The van der Waals surface area contributed by atoms with Crippen molar-refractivity contribution < 1.29 is 14.3 Å². The first-order valence-electron chi connectivity index (χ1n) is 5.85. The number of rotatable bonds is 4.